The second kappa shape index (κ2) is 7.80. The van der Waals surface area contributed by atoms with Crippen LogP contribution in [-0.2, 0) is 0 Å². The summed E-state index contributed by atoms with van der Waals surface area (Å²) in [5.74, 6) is -0.431. The maximum atomic E-state index is 14.8. The van der Waals surface area contributed by atoms with Gasteiger partial charge in [0.1, 0.15) is 29.3 Å². The fourth-order valence-electron chi connectivity index (χ4n) is 3.66. The number of aromatic nitrogens is 6. The quantitative estimate of drug-likeness (QED) is 0.436. The number of halogens is 2. The van der Waals surface area contributed by atoms with Gasteiger partial charge in [-0.2, -0.15) is 0 Å². The van der Waals surface area contributed by atoms with Crippen LogP contribution in [0.15, 0.2) is 59.9 Å². The smallest absolute Gasteiger partial charge is 0.266 e. The fourth-order valence-corrected chi connectivity index (χ4v) is 3.66. The lowest BCUT2D eigenvalue weighted by Gasteiger charge is -2.22. The molecule has 1 atom stereocenters. The molecule has 0 radical (unpaired) electrons. The van der Waals surface area contributed by atoms with Crippen LogP contribution in [0.2, 0.25) is 0 Å². The first kappa shape index (κ1) is 19.7. The van der Waals surface area contributed by atoms with Gasteiger partial charge in [-0.15, -0.1) is 0 Å². The number of nitrogens with zero attached hydrogens (tertiary/aromatic N) is 5. The molecule has 8 nitrogen and oxygen atoms in total. The van der Waals surface area contributed by atoms with E-state index in [9.17, 15) is 13.6 Å². The summed E-state index contributed by atoms with van der Waals surface area (Å²) in [6.45, 7) is 1.90. The van der Waals surface area contributed by atoms with Gasteiger partial charge in [0.05, 0.1) is 29.0 Å². The summed E-state index contributed by atoms with van der Waals surface area (Å²) in [5.41, 5.74) is 0.845. The van der Waals surface area contributed by atoms with E-state index in [0.717, 1.165) is 6.07 Å². The first-order valence-corrected chi connectivity index (χ1v) is 9.94. The molecule has 0 amide bonds. The van der Waals surface area contributed by atoms with E-state index in [2.05, 4.69) is 30.2 Å². The highest BCUT2D eigenvalue weighted by Crippen LogP contribution is 2.26. The summed E-state index contributed by atoms with van der Waals surface area (Å²) in [7, 11) is 0. The zero-order valence-corrected chi connectivity index (χ0v) is 16.9. The van der Waals surface area contributed by atoms with E-state index in [1.54, 1.807) is 6.07 Å². The molecule has 0 fully saturated rings. The molecule has 0 bridgehead atoms. The summed E-state index contributed by atoms with van der Waals surface area (Å²) < 4.78 is 29.8. The number of benzene rings is 2. The van der Waals surface area contributed by atoms with Gasteiger partial charge < -0.3 is 10.3 Å². The average molecular weight is 433 g/mol. The Morgan fingerprint density at radius 3 is 2.78 bits per heavy atom. The van der Waals surface area contributed by atoms with Crippen molar-refractivity contribution in [3.8, 4) is 5.69 Å². The highest BCUT2D eigenvalue weighted by Gasteiger charge is 2.23. The molecule has 3 heterocycles. The molecule has 5 aromatic rings. The first-order valence-electron chi connectivity index (χ1n) is 9.94. The van der Waals surface area contributed by atoms with Crippen molar-refractivity contribution in [1.29, 1.82) is 0 Å². The molecule has 32 heavy (non-hydrogen) atoms. The number of fused-ring (bicyclic) bond motifs is 2. The summed E-state index contributed by atoms with van der Waals surface area (Å²) in [6.07, 6.45) is 3.37. The van der Waals surface area contributed by atoms with Crippen molar-refractivity contribution < 1.29 is 8.78 Å². The maximum Gasteiger partial charge on any atom is 0.266 e. The van der Waals surface area contributed by atoms with E-state index in [0.29, 0.717) is 28.9 Å². The molecule has 0 aliphatic heterocycles. The van der Waals surface area contributed by atoms with Crippen LogP contribution in [0.25, 0.3) is 27.8 Å². The Labute approximate surface area is 180 Å². The Morgan fingerprint density at radius 1 is 1.12 bits per heavy atom. The van der Waals surface area contributed by atoms with E-state index in [1.165, 1.54) is 47.6 Å². The molecular weight excluding hydrogens is 416 g/mol. The van der Waals surface area contributed by atoms with Gasteiger partial charge in [-0.25, -0.2) is 28.7 Å². The summed E-state index contributed by atoms with van der Waals surface area (Å²) in [5, 5.41) is 3.33. The van der Waals surface area contributed by atoms with Gasteiger partial charge in [0.2, 0.25) is 0 Å². The molecular formula is C22H17F2N7O. The summed E-state index contributed by atoms with van der Waals surface area (Å²) in [4.78, 5) is 33.5. The van der Waals surface area contributed by atoms with Crippen molar-refractivity contribution in [1.82, 2.24) is 29.5 Å². The zero-order valence-electron chi connectivity index (χ0n) is 16.9. The number of H-pyrrole nitrogens is 1. The van der Waals surface area contributed by atoms with Gasteiger partial charge in [-0.3, -0.25) is 9.36 Å². The van der Waals surface area contributed by atoms with Crippen LogP contribution in [0.4, 0.5) is 14.6 Å². The average Bonchev–Trinajstić information content (AvgIpc) is 3.28. The number of rotatable bonds is 5. The predicted octanol–water partition coefficient (Wildman–Crippen LogP) is 3.89. The third-order valence-electron chi connectivity index (χ3n) is 5.20. The Morgan fingerprint density at radius 2 is 1.97 bits per heavy atom. The van der Waals surface area contributed by atoms with E-state index in [1.807, 2.05) is 6.92 Å². The summed E-state index contributed by atoms with van der Waals surface area (Å²) in [6, 6.07) is 9.15. The highest BCUT2D eigenvalue weighted by molar-refractivity contribution is 5.82. The van der Waals surface area contributed by atoms with Crippen molar-refractivity contribution in [2.45, 2.75) is 19.4 Å². The number of anilines is 1. The number of hydrogen-bond donors (Lipinski definition) is 2. The monoisotopic (exact) mass is 433 g/mol. The molecule has 5 rings (SSSR count). The molecule has 2 aromatic carbocycles. The van der Waals surface area contributed by atoms with Gasteiger partial charge >= 0.3 is 0 Å². The van der Waals surface area contributed by atoms with Crippen LogP contribution < -0.4 is 10.9 Å². The lowest BCUT2D eigenvalue weighted by atomic mass is 10.1. The molecule has 0 spiro atoms. The van der Waals surface area contributed by atoms with Gasteiger partial charge in [-0.1, -0.05) is 19.1 Å². The largest absolute Gasteiger partial charge is 0.358 e. The van der Waals surface area contributed by atoms with Crippen molar-refractivity contribution in [2.75, 3.05) is 5.32 Å². The molecule has 160 valence electrons. The standard InChI is InChI=1S/C22H17F2N7O/c1-2-15(29-20-18-19(26-10-25-18)27-11-28-20)21-30-16-8-7-12(23)9-13(16)22(32)31(21)17-6-4-3-5-14(17)24/h3-11,15H,2H2,1H3,(H2,25,26,27,28,29)/t15-/m1/s1. The Hall–Kier alpha value is -4.21. The fraction of sp³-hybridized carbons (Fsp3) is 0.136. The minimum absolute atomic E-state index is 0.0285. The van der Waals surface area contributed by atoms with Crippen LogP contribution in [0.3, 0.4) is 0 Å². The van der Waals surface area contributed by atoms with Crippen LogP contribution >= 0.6 is 0 Å². The lowest BCUT2D eigenvalue weighted by molar-refractivity contribution is 0.598. The minimum atomic E-state index is -0.596. The van der Waals surface area contributed by atoms with E-state index < -0.39 is 23.2 Å². The molecule has 0 saturated carbocycles. The van der Waals surface area contributed by atoms with E-state index in [-0.39, 0.29) is 16.9 Å². The maximum absolute atomic E-state index is 14.8. The molecule has 0 unspecified atom stereocenters. The lowest BCUT2D eigenvalue weighted by Crippen LogP contribution is -2.29. The van der Waals surface area contributed by atoms with Crippen LogP contribution in [-0.4, -0.2) is 29.5 Å². The first-order chi connectivity index (χ1) is 15.6. The van der Waals surface area contributed by atoms with Crippen molar-refractivity contribution in [3.05, 3.63) is 82.9 Å². The molecule has 2 N–H and O–H groups in total. The van der Waals surface area contributed by atoms with Crippen molar-refractivity contribution >= 4 is 27.9 Å². The van der Waals surface area contributed by atoms with E-state index >= 15 is 0 Å². The van der Waals surface area contributed by atoms with Crippen molar-refractivity contribution in [3.63, 3.8) is 0 Å². The van der Waals surface area contributed by atoms with Crippen LogP contribution in [0, 0.1) is 11.6 Å². The third kappa shape index (κ3) is 3.25. The number of hydrogen-bond acceptors (Lipinski definition) is 6. The predicted molar refractivity (Wildman–Crippen MR) is 116 cm³/mol. The normalized spacial score (nSPS) is 12.3. The number of para-hydroxylation sites is 1. The zero-order chi connectivity index (χ0) is 22.2. The number of imidazole rings is 1. The van der Waals surface area contributed by atoms with Gasteiger partial charge in [0.25, 0.3) is 5.56 Å². The molecule has 3 aromatic heterocycles. The minimum Gasteiger partial charge on any atom is -0.358 e. The molecule has 0 aliphatic rings. The second-order valence-electron chi connectivity index (χ2n) is 7.15. The summed E-state index contributed by atoms with van der Waals surface area (Å²) >= 11 is 0. The molecule has 10 heteroatoms. The van der Waals surface area contributed by atoms with Gasteiger partial charge in [0, 0.05) is 0 Å². The Kier molecular flexibility index (Phi) is 4.81. The SMILES string of the molecule is CC[C@@H](Nc1ncnc2nc[nH]c12)c1nc2ccc(F)cc2c(=O)n1-c1ccccc1F. The molecule has 0 saturated heterocycles. The van der Waals surface area contributed by atoms with E-state index in [4.69, 9.17) is 0 Å². The van der Waals surface area contributed by atoms with Gasteiger partial charge in [0.15, 0.2) is 11.5 Å². The van der Waals surface area contributed by atoms with Gasteiger partial charge in [-0.05, 0) is 36.8 Å². The Balaban J connectivity index is 1.75. The third-order valence-corrected chi connectivity index (χ3v) is 5.20. The number of aromatic amines is 1. The van der Waals surface area contributed by atoms with Crippen molar-refractivity contribution in [2.24, 2.45) is 0 Å². The topological polar surface area (TPSA) is 101 Å². The second-order valence-corrected chi connectivity index (χ2v) is 7.15. The highest BCUT2D eigenvalue weighted by atomic mass is 19.1. The molecule has 0 aliphatic carbocycles. The van der Waals surface area contributed by atoms with Crippen LogP contribution in [0.5, 0.6) is 0 Å². The Bertz CT molecular complexity index is 1510. The number of nitrogens with one attached hydrogen (secondary N) is 2. The van der Waals surface area contributed by atoms with Crippen LogP contribution in [0.1, 0.15) is 25.2 Å².